The first-order valence-corrected chi connectivity index (χ1v) is 10.0. The van der Waals surface area contributed by atoms with Gasteiger partial charge in [-0.2, -0.15) is 0 Å². The van der Waals surface area contributed by atoms with Gasteiger partial charge in [0.15, 0.2) is 5.17 Å². The van der Waals surface area contributed by atoms with E-state index in [1.165, 1.54) is 47.4 Å². The van der Waals surface area contributed by atoms with Gasteiger partial charge in [0.2, 0.25) is 0 Å². The zero-order valence-electron chi connectivity index (χ0n) is 13.6. The van der Waals surface area contributed by atoms with Crippen LogP contribution in [0, 0.1) is 5.82 Å². The van der Waals surface area contributed by atoms with Crippen molar-refractivity contribution in [3.8, 4) is 5.75 Å². The van der Waals surface area contributed by atoms with Gasteiger partial charge in [-0.25, -0.2) is 17.1 Å². The lowest BCUT2D eigenvalue weighted by atomic mass is 10.2. The molecule has 0 radical (unpaired) electrons. The molecule has 0 aliphatic carbocycles. The van der Waals surface area contributed by atoms with Gasteiger partial charge in [0, 0.05) is 5.75 Å². The molecule has 0 saturated heterocycles. The fourth-order valence-corrected chi connectivity index (χ4v) is 5.03. The molecule has 2 aromatic rings. The van der Waals surface area contributed by atoms with E-state index >= 15 is 0 Å². The molecule has 25 heavy (non-hydrogen) atoms. The summed E-state index contributed by atoms with van der Waals surface area (Å²) >= 11 is 1.33. The number of benzene rings is 2. The van der Waals surface area contributed by atoms with Crippen LogP contribution in [0.2, 0.25) is 0 Å². The van der Waals surface area contributed by atoms with Gasteiger partial charge in [0.1, 0.15) is 11.6 Å². The molecule has 5 nitrogen and oxygen atoms in total. The van der Waals surface area contributed by atoms with E-state index in [1.54, 1.807) is 24.3 Å². The number of amidine groups is 1. The smallest absolute Gasteiger partial charge is 0.265 e. The first-order valence-electron chi connectivity index (χ1n) is 7.59. The van der Waals surface area contributed by atoms with E-state index in [1.807, 2.05) is 0 Å². The van der Waals surface area contributed by atoms with Gasteiger partial charge in [0.05, 0.1) is 25.1 Å². The Balaban J connectivity index is 1.74. The fraction of sp³-hybridized carbons (Fsp3) is 0.235. The predicted octanol–water partition coefficient (Wildman–Crippen LogP) is 3.13. The molecule has 1 aliphatic rings. The third kappa shape index (κ3) is 3.96. The molecule has 0 bridgehead atoms. The van der Waals surface area contributed by atoms with Crippen molar-refractivity contribution in [3.63, 3.8) is 0 Å². The van der Waals surface area contributed by atoms with Crippen molar-refractivity contribution in [2.75, 3.05) is 20.2 Å². The largest absolute Gasteiger partial charge is 0.497 e. The zero-order valence-corrected chi connectivity index (χ0v) is 15.2. The second kappa shape index (κ2) is 7.45. The minimum absolute atomic E-state index is 0.199. The second-order valence-corrected chi connectivity index (χ2v) is 8.14. The SMILES string of the molecule is COc1ccc(S(=O)(=O)N2CCN=C2SCc2ccc(F)cc2)cc1. The topological polar surface area (TPSA) is 59.0 Å². The standard InChI is InChI=1S/C17H17FN2O3S2/c1-23-15-6-8-16(9-7-15)25(21,22)20-11-10-19-17(20)24-12-13-2-4-14(18)5-3-13/h2-9H,10-12H2,1H3. The molecule has 0 atom stereocenters. The molecule has 0 unspecified atom stereocenters. The highest BCUT2D eigenvalue weighted by Gasteiger charge is 2.30. The van der Waals surface area contributed by atoms with Crippen LogP contribution in [-0.4, -0.2) is 38.1 Å². The van der Waals surface area contributed by atoms with Crippen LogP contribution >= 0.6 is 11.8 Å². The molecule has 8 heteroatoms. The van der Waals surface area contributed by atoms with E-state index in [0.717, 1.165) is 5.56 Å². The Morgan fingerprint density at radius 1 is 1.16 bits per heavy atom. The van der Waals surface area contributed by atoms with Gasteiger partial charge in [0.25, 0.3) is 10.0 Å². The Morgan fingerprint density at radius 3 is 2.48 bits per heavy atom. The van der Waals surface area contributed by atoms with E-state index in [9.17, 15) is 12.8 Å². The third-order valence-corrected chi connectivity index (χ3v) is 6.70. The average Bonchev–Trinajstić information content (AvgIpc) is 3.11. The normalized spacial score (nSPS) is 14.5. The van der Waals surface area contributed by atoms with Crippen molar-refractivity contribution >= 4 is 27.0 Å². The first kappa shape index (κ1) is 17.8. The van der Waals surface area contributed by atoms with Gasteiger partial charge in [-0.3, -0.25) is 4.99 Å². The first-order chi connectivity index (χ1) is 12.0. The highest BCUT2D eigenvalue weighted by molar-refractivity contribution is 8.14. The Morgan fingerprint density at radius 2 is 1.84 bits per heavy atom. The third-order valence-electron chi connectivity index (χ3n) is 3.69. The van der Waals surface area contributed by atoms with Crippen LogP contribution in [-0.2, 0) is 15.8 Å². The molecular weight excluding hydrogens is 363 g/mol. The number of ether oxygens (including phenoxy) is 1. The number of halogens is 1. The van der Waals surface area contributed by atoms with Crippen molar-refractivity contribution in [1.82, 2.24) is 4.31 Å². The molecule has 132 valence electrons. The maximum Gasteiger partial charge on any atom is 0.265 e. The fourth-order valence-electron chi connectivity index (χ4n) is 2.36. The Bertz CT molecular complexity index is 866. The molecular formula is C17H17FN2O3S2. The van der Waals surface area contributed by atoms with Crippen molar-refractivity contribution in [2.45, 2.75) is 10.6 Å². The summed E-state index contributed by atoms with van der Waals surface area (Å²) in [6, 6.07) is 12.4. The molecule has 0 amide bonds. The van der Waals surface area contributed by atoms with Crippen molar-refractivity contribution in [2.24, 2.45) is 4.99 Å². The minimum Gasteiger partial charge on any atom is -0.497 e. The molecule has 1 heterocycles. The summed E-state index contributed by atoms with van der Waals surface area (Å²) in [6.45, 7) is 0.751. The van der Waals surface area contributed by atoms with Crippen LogP contribution in [0.4, 0.5) is 4.39 Å². The lowest BCUT2D eigenvalue weighted by Crippen LogP contribution is -2.32. The lowest BCUT2D eigenvalue weighted by Gasteiger charge is -2.20. The number of sulfonamides is 1. The summed E-state index contributed by atoms with van der Waals surface area (Å²) in [5.74, 6) is 0.823. The van der Waals surface area contributed by atoms with Gasteiger partial charge in [-0.1, -0.05) is 23.9 Å². The van der Waals surface area contributed by atoms with Crippen LogP contribution in [0.15, 0.2) is 58.4 Å². The number of rotatable bonds is 5. The molecule has 3 rings (SSSR count). The monoisotopic (exact) mass is 380 g/mol. The molecule has 0 spiro atoms. The van der Waals surface area contributed by atoms with Crippen LogP contribution in [0.3, 0.4) is 0 Å². The Hall–Kier alpha value is -2.06. The van der Waals surface area contributed by atoms with E-state index in [2.05, 4.69) is 4.99 Å². The van der Waals surface area contributed by atoms with E-state index in [0.29, 0.717) is 29.8 Å². The second-order valence-electron chi connectivity index (χ2n) is 5.33. The highest BCUT2D eigenvalue weighted by atomic mass is 32.2. The van der Waals surface area contributed by atoms with E-state index in [-0.39, 0.29) is 10.7 Å². The molecule has 0 fully saturated rings. The van der Waals surface area contributed by atoms with E-state index in [4.69, 9.17) is 4.74 Å². The summed E-state index contributed by atoms with van der Waals surface area (Å²) in [7, 11) is -2.13. The summed E-state index contributed by atoms with van der Waals surface area (Å²) in [6.07, 6.45) is 0. The minimum atomic E-state index is -3.66. The van der Waals surface area contributed by atoms with E-state index < -0.39 is 10.0 Å². The average molecular weight is 380 g/mol. The van der Waals surface area contributed by atoms with Crippen LogP contribution < -0.4 is 4.74 Å². The molecule has 1 aliphatic heterocycles. The van der Waals surface area contributed by atoms with Gasteiger partial charge in [-0.15, -0.1) is 0 Å². The Kier molecular flexibility index (Phi) is 5.29. The molecule has 0 aromatic heterocycles. The van der Waals surface area contributed by atoms with Crippen molar-refractivity contribution in [1.29, 1.82) is 0 Å². The lowest BCUT2D eigenvalue weighted by molar-refractivity contribution is 0.414. The molecule has 0 N–H and O–H groups in total. The summed E-state index contributed by atoms with van der Waals surface area (Å²) < 4.78 is 45.0. The number of aliphatic imine (C=N–C) groups is 1. The highest BCUT2D eigenvalue weighted by Crippen LogP contribution is 2.26. The summed E-state index contributed by atoms with van der Waals surface area (Å²) in [5.41, 5.74) is 0.905. The van der Waals surface area contributed by atoms with Crippen molar-refractivity contribution in [3.05, 3.63) is 59.9 Å². The summed E-state index contributed by atoms with van der Waals surface area (Å²) in [5, 5.41) is 0.458. The number of nitrogens with zero attached hydrogens (tertiary/aromatic N) is 2. The van der Waals surface area contributed by atoms with Crippen LogP contribution in [0.5, 0.6) is 5.75 Å². The number of methoxy groups -OCH3 is 1. The maximum absolute atomic E-state index is 13.0. The molecule has 0 saturated carbocycles. The summed E-state index contributed by atoms with van der Waals surface area (Å²) in [4.78, 5) is 4.50. The molecule has 2 aromatic carbocycles. The van der Waals surface area contributed by atoms with Crippen molar-refractivity contribution < 1.29 is 17.5 Å². The predicted molar refractivity (Wildman–Crippen MR) is 96.9 cm³/mol. The van der Waals surface area contributed by atoms with Crippen LogP contribution in [0.25, 0.3) is 0 Å². The quantitative estimate of drug-likeness (QED) is 0.800. The number of hydrogen-bond acceptors (Lipinski definition) is 5. The zero-order chi connectivity index (χ0) is 17.9. The number of thioether (sulfide) groups is 1. The number of hydrogen-bond donors (Lipinski definition) is 0. The van der Waals surface area contributed by atoms with Crippen LogP contribution in [0.1, 0.15) is 5.56 Å². The maximum atomic E-state index is 13.0. The van der Waals surface area contributed by atoms with Gasteiger partial charge >= 0.3 is 0 Å². The van der Waals surface area contributed by atoms with Gasteiger partial charge < -0.3 is 4.74 Å². The Labute approximate surface area is 150 Å². The van der Waals surface area contributed by atoms with Gasteiger partial charge in [-0.05, 0) is 42.0 Å².